The molecule has 0 atom stereocenters. The van der Waals surface area contributed by atoms with Crippen molar-refractivity contribution in [1.29, 1.82) is 0 Å². The number of hydrogen-bond acceptors (Lipinski definition) is 2. The second-order valence-corrected chi connectivity index (χ2v) is 19.3. The van der Waals surface area contributed by atoms with E-state index in [1.54, 1.807) is 0 Å². The number of para-hydroxylation sites is 2. The molecule has 56 heavy (non-hydrogen) atoms. The molecule has 0 saturated carbocycles. The Kier molecular flexibility index (Phi) is 6.12. The quantitative estimate of drug-likeness (QED) is 0.157. The molecule has 0 amide bonds. The Bertz CT molecular complexity index is 3080. The molecule has 8 aromatic rings. The van der Waals surface area contributed by atoms with Crippen molar-refractivity contribution in [3.8, 4) is 11.1 Å². The van der Waals surface area contributed by atoms with E-state index < -0.39 is 0 Å². The summed E-state index contributed by atoms with van der Waals surface area (Å²) in [4.78, 5) is 2.69. The van der Waals surface area contributed by atoms with Crippen LogP contribution in [0.4, 0.5) is 17.1 Å². The zero-order valence-electron chi connectivity index (χ0n) is 33.8. The van der Waals surface area contributed by atoms with Crippen molar-refractivity contribution in [2.24, 2.45) is 0 Å². The highest BCUT2D eigenvalue weighted by Gasteiger charge is 2.49. The van der Waals surface area contributed by atoms with Gasteiger partial charge in [-0.2, -0.15) is 0 Å². The summed E-state index contributed by atoms with van der Waals surface area (Å²) in [5.41, 5.74) is 25.2. The van der Waals surface area contributed by atoms with Crippen LogP contribution in [0.25, 0.3) is 44.1 Å². The van der Waals surface area contributed by atoms with Gasteiger partial charge in [0.25, 0.3) is 0 Å². The molecule has 2 aliphatic carbocycles. The number of benzene rings is 6. The molecular weight excluding hydrogens is 679 g/mol. The zero-order valence-corrected chi connectivity index (χ0v) is 33.8. The van der Waals surface area contributed by atoms with Gasteiger partial charge in [-0.15, -0.1) is 0 Å². The van der Waals surface area contributed by atoms with E-state index in [1.165, 1.54) is 118 Å². The van der Waals surface area contributed by atoms with Crippen LogP contribution in [-0.4, -0.2) is 11.3 Å². The molecule has 0 bridgehead atoms. The third-order valence-electron chi connectivity index (χ3n) is 14.6. The number of fused-ring (bicyclic) bond motifs is 13. The largest absolute Gasteiger partial charge is 0.454 e. The molecule has 2 aromatic heterocycles. The molecule has 12 rings (SSSR count). The van der Waals surface area contributed by atoms with Gasteiger partial charge in [0.1, 0.15) is 5.58 Å². The van der Waals surface area contributed by atoms with Gasteiger partial charge >= 0.3 is 6.85 Å². The maximum atomic E-state index is 6.86. The first kappa shape index (κ1) is 32.7. The van der Waals surface area contributed by atoms with Crippen molar-refractivity contribution < 1.29 is 4.42 Å². The first-order chi connectivity index (χ1) is 26.8. The van der Waals surface area contributed by atoms with Gasteiger partial charge < -0.3 is 13.8 Å². The average Bonchev–Trinajstić information content (AvgIpc) is 3.74. The lowest BCUT2D eigenvalue weighted by atomic mass is 9.44. The Morgan fingerprint density at radius 3 is 2.14 bits per heavy atom. The number of aromatic nitrogens is 1. The Balaban J connectivity index is 1.27. The fourth-order valence-corrected chi connectivity index (χ4v) is 11.8. The molecule has 0 fully saturated rings. The highest BCUT2D eigenvalue weighted by Crippen LogP contribution is 2.54. The lowest BCUT2D eigenvalue weighted by Crippen LogP contribution is -2.57. The first-order valence-electron chi connectivity index (χ1n) is 20.6. The third kappa shape index (κ3) is 3.95. The summed E-state index contributed by atoms with van der Waals surface area (Å²) >= 11 is 0. The summed E-state index contributed by atoms with van der Waals surface area (Å²) in [5, 5.41) is 2.38. The predicted octanol–water partition coefficient (Wildman–Crippen LogP) is 12.2. The molecule has 2 aliphatic heterocycles. The van der Waals surface area contributed by atoms with Crippen molar-refractivity contribution in [1.82, 2.24) is 4.48 Å². The van der Waals surface area contributed by atoms with Gasteiger partial charge in [0.2, 0.25) is 0 Å². The van der Waals surface area contributed by atoms with Crippen molar-refractivity contribution in [2.75, 3.05) is 4.90 Å². The Hall–Kier alpha value is -5.48. The highest BCUT2D eigenvalue weighted by atomic mass is 16.3. The zero-order chi connectivity index (χ0) is 38.2. The fourth-order valence-electron chi connectivity index (χ4n) is 11.8. The van der Waals surface area contributed by atoms with Crippen LogP contribution in [0, 0.1) is 13.8 Å². The standard InChI is InChI=1S/C52H47BN2O/c1-29-24-32-27-31-14-13-17-36-47(31)55(48-35-16-10-12-19-43(35)56-49(36)48)53-45(32)42(25-29)54(41-28-39-38(26-30(41)2)50(3,4)22-23-51(39,5)6)40-21-20-34-33-15-9-11-18-37(33)52(7,8)44(34)46(40)53/h9-21,24-26,28H,22-23,27H2,1-8H3. The Labute approximate surface area is 330 Å². The minimum atomic E-state index is -0.210. The predicted molar refractivity (Wildman–Crippen MR) is 236 cm³/mol. The van der Waals surface area contributed by atoms with E-state index in [-0.39, 0.29) is 23.1 Å². The molecule has 0 N–H and O–H groups in total. The minimum Gasteiger partial charge on any atom is -0.454 e. The second kappa shape index (κ2) is 10.5. The molecule has 0 spiro atoms. The van der Waals surface area contributed by atoms with Crippen LogP contribution in [0.15, 0.2) is 108 Å². The van der Waals surface area contributed by atoms with Gasteiger partial charge in [0.15, 0.2) is 5.58 Å². The third-order valence-corrected chi connectivity index (χ3v) is 14.6. The van der Waals surface area contributed by atoms with Crippen LogP contribution in [-0.2, 0) is 22.7 Å². The number of furan rings is 1. The molecule has 274 valence electrons. The van der Waals surface area contributed by atoms with Crippen molar-refractivity contribution in [3.63, 3.8) is 0 Å². The fraction of sp³-hybridized carbons (Fsp3) is 0.269. The first-order valence-corrected chi connectivity index (χ1v) is 20.6. The maximum Gasteiger partial charge on any atom is 0.333 e. The van der Waals surface area contributed by atoms with E-state index in [0.717, 1.165) is 17.6 Å². The normalized spacial score (nSPS) is 17.8. The highest BCUT2D eigenvalue weighted by molar-refractivity contribution is 6.89. The summed E-state index contributed by atoms with van der Waals surface area (Å²) in [7, 11) is 0. The SMILES string of the molecule is Cc1cc2c3c(c1)N(c1cc4c(cc1C)C(C)(C)CCC4(C)C)c1ccc4c(c1B3n1c3c(cccc3c3oc5ccccc5c31)C2)C(C)(C)c1ccccc1-4. The van der Waals surface area contributed by atoms with Crippen molar-refractivity contribution >= 4 is 67.8 Å². The molecular formula is C52H47BN2O. The molecule has 0 saturated heterocycles. The summed E-state index contributed by atoms with van der Waals surface area (Å²) < 4.78 is 9.58. The second-order valence-electron chi connectivity index (χ2n) is 19.3. The van der Waals surface area contributed by atoms with E-state index in [0.29, 0.717) is 0 Å². The molecule has 0 radical (unpaired) electrons. The van der Waals surface area contributed by atoms with E-state index in [4.69, 9.17) is 4.42 Å². The Morgan fingerprint density at radius 2 is 1.32 bits per heavy atom. The van der Waals surface area contributed by atoms with Gasteiger partial charge in [0.05, 0.1) is 5.52 Å². The molecule has 0 unspecified atom stereocenters. The monoisotopic (exact) mass is 726 g/mol. The van der Waals surface area contributed by atoms with Crippen LogP contribution >= 0.6 is 0 Å². The van der Waals surface area contributed by atoms with E-state index in [1.807, 2.05) is 0 Å². The van der Waals surface area contributed by atoms with Crippen LogP contribution in [0.5, 0.6) is 0 Å². The summed E-state index contributed by atoms with van der Waals surface area (Å²) in [5.74, 6) is 0. The number of anilines is 3. The molecule has 4 aliphatic rings. The lowest BCUT2D eigenvalue weighted by Gasteiger charge is -2.45. The van der Waals surface area contributed by atoms with Gasteiger partial charge in [-0.25, -0.2) is 0 Å². The molecule has 3 nitrogen and oxygen atoms in total. The van der Waals surface area contributed by atoms with Crippen LogP contribution in [0.3, 0.4) is 0 Å². The van der Waals surface area contributed by atoms with Crippen LogP contribution in [0.1, 0.15) is 98.9 Å². The summed E-state index contributed by atoms with van der Waals surface area (Å²) in [6.45, 7) is 19.3. The van der Waals surface area contributed by atoms with Gasteiger partial charge in [-0.05, 0) is 147 Å². The van der Waals surface area contributed by atoms with Crippen molar-refractivity contribution in [3.05, 3.63) is 148 Å². The number of aryl methyl sites for hydroxylation is 2. The Morgan fingerprint density at radius 1 is 0.589 bits per heavy atom. The van der Waals surface area contributed by atoms with Crippen LogP contribution < -0.4 is 15.8 Å². The van der Waals surface area contributed by atoms with E-state index in [2.05, 4.69) is 168 Å². The van der Waals surface area contributed by atoms with E-state index in [9.17, 15) is 0 Å². The summed E-state index contributed by atoms with van der Waals surface area (Å²) in [6.07, 6.45) is 3.26. The van der Waals surface area contributed by atoms with Gasteiger partial charge in [0, 0.05) is 38.8 Å². The molecule has 6 aromatic carbocycles. The summed E-state index contributed by atoms with van der Waals surface area (Å²) in [6, 6.07) is 39.7. The van der Waals surface area contributed by atoms with Gasteiger partial charge in [-0.1, -0.05) is 108 Å². The number of rotatable bonds is 1. The lowest BCUT2D eigenvalue weighted by molar-refractivity contribution is 0.332. The minimum absolute atomic E-state index is 0.0617. The van der Waals surface area contributed by atoms with Crippen LogP contribution in [0.2, 0.25) is 0 Å². The average molecular weight is 727 g/mol. The molecule has 4 heterocycles. The van der Waals surface area contributed by atoms with E-state index >= 15 is 0 Å². The molecule has 4 heteroatoms. The number of nitrogens with zero attached hydrogens (tertiary/aromatic N) is 2. The maximum absolute atomic E-state index is 6.86. The number of hydrogen-bond donors (Lipinski definition) is 0. The van der Waals surface area contributed by atoms with Gasteiger partial charge in [-0.3, -0.25) is 0 Å². The smallest absolute Gasteiger partial charge is 0.333 e. The topological polar surface area (TPSA) is 21.3 Å². The van der Waals surface area contributed by atoms with Crippen molar-refractivity contribution in [2.45, 2.75) is 90.9 Å².